The van der Waals surface area contributed by atoms with Crippen molar-refractivity contribution in [1.82, 2.24) is 4.57 Å². The number of ether oxygens (including phenoxy) is 2. The van der Waals surface area contributed by atoms with Crippen LogP contribution in [0.3, 0.4) is 0 Å². The molecule has 2 aromatic rings. The Balaban J connectivity index is 2.92. The third-order valence-electron chi connectivity index (χ3n) is 3.03. The Kier molecular flexibility index (Phi) is 3.80. The van der Waals surface area contributed by atoms with Crippen molar-refractivity contribution in [2.45, 2.75) is 6.54 Å². The summed E-state index contributed by atoms with van der Waals surface area (Å²) >= 11 is 0. The number of hydrogen-bond donors (Lipinski definition) is 1. The monoisotopic (exact) mass is 288 g/mol. The number of nitrogens with zero attached hydrogens (tertiary/aromatic N) is 2. The molecule has 0 aliphatic carbocycles. The molecule has 0 aliphatic rings. The zero-order chi connectivity index (χ0) is 15.6. The van der Waals surface area contributed by atoms with Gasteiger partial charge in [-0.15, -0.1) is 0 Å². The van der Waals surface area contributed by atoms with Crippen molar-refractivity contribution in [2.24, 2.45) is 0 Å². The summed E-state index contributed by atoms with van der Waals surface area (Å²) in [6.07, 6.45) is 0. The minimum atomic E-state index is -1.15. The molecule has 0 atom stereocenters. The molecule has 0 aliphatic heterocycles. The van der Waals surface area contributed by atoms with Gasteiger partial charge in [0.05, 0.1) is 25.3 Å². The molecule has 21 heavy (non-hydrogen) atoms. The Morgan fingerprint density at radius 1 is 1.29 bits per heavy atom. The molecule has 7 nitrogen and oxygen atoms in total. The molecule has 0 fully saturated rings. The summed E-state index contributed by atoms with van der Waals surface area (Å²) < 4.78 is 11.4. The normalized spacial score (nSPS) is 10.1. The summed E-state index contributed by atoms with van der Waals surface area (Å²) in [6.45, 7) is -0.503. The molecule has 0 radical (unpaired) electrons. The number of carboxylic acids is 1. The maximum atomic E-state index is 12.0. The molecule has 1 aromatic carbocycles. The SMILES string of the molecule is COc1cc2c(C#N)cc(=O)n(CC(=O)O)c2cc1OC. The summed E-state index contributed by atoms with van der Waals surface area (Å²) in [5.74, 6) is -0.418. The number of carboxylic acid groups (broad SMARTS) is 1. The van der Waals surface area contributed by atoms with E-state index < -0.39 is 18.1 Å². The molecule has 108 valence electrons. The van der Waals surface area contributed by atoms with Crippen LogP contribution in [0, 0.1) is 11.3 Å². The first-order valence-corrected chi connectivity index (χ1v) is 5.93. The lowest BCUT2D eigenvalue weighted by molar-refractivity contribution is -0.137. The number of aliphatic carboxylic acids is 1. The second-order valence-corrected chi connectivity index (χ2v) is 4.21. The molecule has 0 unspecified atom stereocenters. The van der Waals surface area contributed by atoms with E-state index in [9.17, 15) is 9.59 Å². The van der Waals surface area contributed by atoms with Gasteiger partial charge >= 0.3 is 5.97 Å². The number of carbonyl (C=O) groups is 1. The van der Waals surface area contributed by atoms with Gasteiger partial charge in [-0.3, -0.25) is 14.2 Å². The highest BCUT2D eigenvalue weighted by atomic mass is 16.5. The number of hydrogen-bond acceptors (Lipinski definition) is 5. The smallest absolute Gasteiger partial charge is 0.323 e. The van der Waals surface area contributed by atoms with Gasteiger partial charge in [-0.1, -0.05) is 0 Å². The topological polar surface area (TPSA) is 102 Å². The van der Waals surface area contributed by atoms with Crippen molar-refractivity contribution in [3.05, 3.63) is 34.1 Å². The van der Waals surface area contributed by atoms with Crippen LogP contribution in [-0.2, 0) is 11.3 Å². The van der Waals surface area contributed by atoms with Crippen LogP contribution in [0.1, 0.15) is 5.56 Å². The van der Waals surface area contributed by atoms with Crippen molar-refractivity contribution >= 4 is 16.9 Å². The van der Waals surface area contributed by atoms with E-state index >= 15 is 0 Å². The van der Waals surface area contributed by atoms with Gasteiger partial charge in [-0.2, -0.15) is 5.26 Å². The summed E-state index contributed by atoms with van der Waals surface area (Å²) in [7, 11) is 2.88. The van der Waals surface area contributed by atoms with Crippen molar-refractivity contribution in [3.63, 3.8) is 0 Å². The van der Waals surface area contributed by atoms with E-state index in [1.54, 1.807) is 6.07 Å². The molecular formula is C14H12N2O5. The number of pyridine rings is 1. The van der Waals surface area contributed by atoms with Crippen LogP contribution in [0.15, 0.2) is 23.0 Å². The fourth-order valence-corrected chi connectivity index (χ4v) is 2.10. The molecule has 1 heterocycles. The maximum absolute atomic E-state index is 12.0. The van der Waals surface area contributed by atoms with E-state index in [0.717, 1.165) is 10.6 Å². The standard InChI is InChI=1S/C14H12N2O5/c1-20-11-4-9-8(6-15)3-13(17)16(7-14(18)19)10(9)5-12(11)21-2/h3-5H,7H2,1-2H3,(H,18,19). The molecule has 0 saturated carbocycles. The average Bonchev–Trinajstić information content (AvgIpc) is 2.48. The van der Waals surface area contributed by atoms with Crippen LogP contribution in [0.25, 0.3) is 10.9 Å². The van der Waals surface area contributed by atoms with Gasteiger partial charge in [-0.05, 0) is 6.07 Å². The molecule has 0 bridgehead atoms. The Morgan fingerprint density at radius 2 is 1.90 bits per heavy atom. The highest BCUT2D eigenvalue weighted by Gasteiger charge is 2.15. The zero-order valence-corrected chi connectivity index (χ0v) is 11.4. The van der Waals surface area contributed by atoms with E-state index in [1.165, 1.54) is 20.3 Å². The molecule has 0 spiro atoms. The Bertz CT molecular complexity index is 817. The number of benzene rings is 1. The number of nitriles is 1. The molecule has 1 N–H and O–H groups in total. The van der Waals surface area contributed by atoms with Crippen LogP contribution in [0.2, 0.25) is 0 Å². The van der Waals surface area contributed by atoms with Gasteiger partial charge in [0.2, 0.25) is 0 Å². The van der Waals surface area contributed by atoms with Crippen molar-refractivity contribution in [1.29, 1.82) is 5.26 Å². The van der Waals surface area contributed by atoms with Crippen molar-refractivity contribution in [2.75, 3.05) is 14.2 Å². The minimum Gasteiger partial charge on any atom is -0.493 e. The van der Waals surface area contributed by atoms with Gasteiger partial charge in [0.1, 0.15) is 12.6 Å². The van der Waals surface area contributed by atoms with Crippen molar-refractivity contribution < 1.29 is 19.4 Å². The first-order chi connectivity index (χ1) is 10.0. The predicted molar refractivity (Wildman–Crippen MR) is 73.7 cm³/mol. The van der Waals surface area contributed by atoms with Gasteiger partial charge in [0.15, 0.2) is 11.5 Å². The lowest BCUT2D eigenvalue weighted by Gasteiger charge is -2.13. The lowest BCUT2D eigenvalue weighted by atomic mass is 10.1. The molecule has 7 heteroatoms. The Labute approximate surface area is 119 Å². The number of rotatable bonds is 4. The number of methoxy groups -OCH3 is 2. The van der Waals surface area contributed by atoms with E-state index in [2.05, 4.69) is 0 Å². The third kappa shape index (κ3) is 2.51. The second-order valence-electron chi connectivity index (χ2n) is 4.21. The minimum absolute atomic E-state index is 0.151. The highest BCUT2D eigenvalue weighted by Crippen LogP contribution is 2.32. The van der Waals surface area contributed by atoms with Crippen LogP contribution in [-0.4, -0.2) is 29.9 Å². The summed E-state index contributed by atoms with van der Waals surface area (Å²) in [6, 6.07) is 6.06. The molecule has 0 amide bonds. The maximum Gasteiger partial charge on any atom is 0.323 e. The molecular weight excluding hydrogens is 276 g/mol. The quantitative estimate of drug-likeness (QED) is 0.899. The molecule has 2 rings (SSSR count). The van der Waals surface area contributed by atoms with Gasteiger partial charge in [0.25, 0.3) is 5.56 Å². The lowest BCUT2D eigenvalue weighted by Crippen LogP contribution is -2.24. The fourth-order valence-electron chi connectivity index (χ4n) is 2.10. The zero-order valence-electron chi connectivity index (χ0n) is 11.4. The van der Waals surface area contributed by atoms with Crippen molar-refractivity contribution in [3.8, 4) is 17.6 Å². The van der Waals surface area contributed by atoms with Crippen LogP contribution >= 0.6 is 0 Å². The first kappa shape index (κ1) is 14.4. The number of fused-ring (bicyclic) bond motifs is 1. The number of aromatic nitrogens is 1. The highest BCUT2D eigenvalue weighted by molar-refractivity contribution is 5.89. The van der Waals surface area contributed by atoms with Gasteiger partial charge in [0, 0.05) is 17.5 Å². The Hall–Kier alpha value is -3.01. The van der Waals surface area contributed by atoms with Gasteiger partial charge in [-0.25, -0.2) is 0 Å². The Morgan fingerprint density at radius 3 is 2.43 bits per heavy atom. The summed E-state index contributed by atoms with van der Waals surface area (Å²) in [5, 5.41) is 18.5. The fraction of sp³-hybridized carbons (Fsp3) is 0.214. The largest absolute Gasteiger partial charge is 0.493 e. The van der Waals surface area contributed by atoms with E-state index in [0.29, 0.717) is 22.4 Å². The second kappa shape index (κ2) is 5.54. The van der Waals surface area contributed by atoms with E-state index in [-0.39, 0.29) is 5.56 Å². The molecule has 1 aromatic heterocycles. The summed E-state index contributed by atoms with van der Waals surface area (Å²) in [4.78, 5) is 22.9. The van der Waals surface area contributed by atoms with E-state index in [4.69, 9.17) is 19.8 Å². The summed E-state index contributed by atoms with van der Waals surface area (Å²) in [5.41, 5.74) is -0.106. The van der Waals surface area contributed by atoms with Crippen LogP contribution in [0.4, 0.5) is 0 Å². The average molecular weight is 288 g/mol. The van der Waals surface area contributed by atoms with Crippen LogP contribution in [0.5, 0.6) is 11.5 Å². The third-order valence-corrected chi connectivity index (χ3v) is 3.03. The van der Waals surface area contributed by atoms with E-state index in [1.807, 2.05) is 6.07 Å². The van der Waals surface area contributed by atoms with Gasteiger partial charge < -0.3 is 14.6 Å². The van der Waals surface area contributed by atoms with Crippen LogP contribution < -0.4 is 15.0 Å². The molecule has 0 saturated heterocycles. The first-order valence-electron chi connectivity index (χ1n) is 5.93. The predicted octanol–water partition coefficient (Wildman–Crippen LogP) is 0.975.